The molecule has 5 heteroatoms. The van der Waals surface area contributed by atoms with Crippen molar-refractivity contribution >= 4 is 0 Å². The van der Waals surface area contributed by atoms with Crippen LogP contribution >= 0.6 is 0 Å². The van der Waals surface area contributed by atoms with Crippen molar-refractivity contribution in [1.29, 1.82) is 0 Å². The predicted octanol–water partition coefficient (Wildman–Crippen LogP) is -3.89. The van der Waals surface area contributed by atoms with Crippen molar-refractivity contribution in [2.24, 2.45) is 0 Å². The smallest absolute Gasteiger partial charge is 1.00 e. The minimum absolute atomic E-state index is 0. The topological polar surface area (TPSA) is 56.7 Å². The van der Waals surface area contributed by atoms with E-state index in [1.54, 1.807) is 6.20 Å². The zero-order valence-corrected chi connectivity index (χ0v) is 6.07. The van der Waals surface area contributed by atoms with Crippen LogP contribution in [0.15, 0.2) is 12.4 Å². The largest absolute Gasteiger partial charge is 1.00 e. The molecule has 0 fully saturated rings. The molecule has 0 atom stereocenters. The van der Waals surface area contributed by atoms with Gasteiger partial charge in [-0.2, -0.15) is 4.79 Å². The Bertz CT molecular complexity index is 118. The van der Waals surface area contributed by atoms with Crippen LogP contribution in [0.3, 0.4) is 0 Å². The Morgan fingerprint density at radius 2 is 2.43 bits per heavy atom. The van der Waals surface area contributed by atoms with Gasteiger partial charge in [0.05, 0.1) is 12.4 Å². The van der Waals surface area contributed by atoms with Crippen LogP contribution in [-0.2, 0) is 0 Å². The van der Waals surface area contributed by atoms with Gasteiger partial charge in [0, 0.05) is 0 Å². The van der Waals surface area contributed by atoms with Gasteiger partial charge in [0.2, 0.25) is 0 Å². The van der Waals surface area contributed by atoms with Crippen LogP contribution in [0, 0.1) is 0 Å². The maximum atomic E-state index is 5.02. The molecule has 4 nitrogen and oxygen atoms in total. The molecule has 1 heterocycles. The molecule has 1 rings (SSSR count). The van der Waals surface area contributed by atoms with E-state index in [1.807, 2.05) is 0 Å². The average molecular weight is 108 g/mol. The van der Waals surface area contributed by atoms with Crippen molar-refractivity contribution in [1.82, 2.24) is 15.1 Å². The Morgan fingerprint density at radius 1 is 1.71 bits per heavy atom. The fraction of sp³-hybridized carbons (Fsp3) is 0. The second-order valence-corrected chi connectivity index (χ2v) is 0.883. The molecule has 0 aliphatic rings. The monoisotopic (exact) mass is 108 g/mol. The first-order chi connectivity index (χ1) is 2.89. The Balaban J connectivity index is 0. The molecule has 34 valence electrons. The minimum atomic E-state index is 0. The minimum Gasteiger partial charge on any atom is -1.00 e. The summed E-state index contributed by atoms with van der Waals surface area (Å²) in [6.45, 7) is 0. The zero-order chi connectivity index (χ0) is 4.41. The van der Waals surface area contributed by atoms with Crippen LogP contribution in [0.25, 0.3) is 0 Å². The van der Waals surface area contributed by atoms with E-state index >= 15 is 0 Å². The number of nitrogens with two attached hydrogens (primary N) is 1. The molecule has 1 aromatic heterocycles. The van der Waals surface area contributed by atoms with Gasteiger partial charge in [-0.15, -0.1) is 5.10 Å². The van der Waals surface area contributed by atoms with E-state index < -0.39 is 0 Å². The summed E-state index contributed by atoms with van der Waals surface area (Å²) in [6.07, 6.45) is 3.07. The molecule has 0 bridgehead atoms. The van der Waals surface area contributed by atoms with Crippen molar-refractivity contribution in [3.05, 3.63) is 12.4 Å². The quantitative estimate of drug-likeness (QED) is 0.273. The molecule has 1 aromatic rings. The summed E-state index contributed by atoms with van der Waals surface area (Å²) >= 11 is 0. The van der Waals surface area contributed by atoms with Gasteiger partial charge in [0.15, 0.2) is 0 Å². The maximum Gasteiger partial charge on any atom is 1.00 e. The summed E-state index contributed by atoms with van der Waals surface area (Å²) in [7, 11) is 0. The van der Waals surface area contributed by atoms with Crippen LogP contribution in [0.2, 0.25) is 0 Å². The standard InChI is InChI=1S/C2H4N4.Na.H/c3-6-2-1-4-5-6;;/h1-2H,3H2;;/q;+1;-1. The van der Waals surface area contributed by atoms with Gasteiger partial charge in [0.1, 0.15) is 0 Å². The molecule has 0 unspecified atom stereocenters. The van der Waals surface area contributed by atoms with E-state index in [0.29, 0.717) is 0 Å². The van der Waals surface area contributed by atoms with Gasteiger partial charge >= 0.3 is 29.6 Å². The van der Waals surface area contributed by atoms with Gasteiger partial charge in [-0.05, 0) is 5.21 Å². The first kappa shape index (κ1) is 6.94. The van der Waals surface area contributed by atoms with Crippen molar-refractivity contribution in [2.45, 2.75) is 0 Å². The Hall–Kier alpha value is -0.0600. The first-order valence-electron chi connectivity index (χ1n) is 1.51. The number of nitrogens with zero attached hydrogens (tertiary/aromatic N) is 3. The number of hydrogen-bond donors (Lipinski definition) is 1. The SMILES string of the molecule is Nn1ccnn1.[H-].[Na+]. The van der Waals surface area contributed by atoms with Gasteiger partial charge in [-0.25, -0.2) is 0 Å². The zero-order valence-electron chi connectivity index (χ0n) is 5.07. The van der Waals surface area contributed by atoms with Crippen LogP contribution in [0.4, 0.5) is 0 Å². The van der Waals surface area contributed by atoms with Crippen molar-refractivity contribution in [3.8, 4) is 0 Å². The molecule has 0 aromatic carbocycles. The molecule has 0 aliphatic carbocycles. The Kier molecular flexibility index (Phi) is 2.98. The molecule has 7 heavy (non-hydrogen) atoms. The molecular weight excluding hydrogens is 103 g/mol. The molecule has 0 saturated heterocycles. The number of nitrogen functional groups attached to an aromatic ring is 1. The second-order valence-electron chi connectivity index (χ2n) is 0.883. The van der Waals surface area contributed by atoms with E-state index in [2.05, 4.69) is 10.3 Å². The van der Waals surface area contributed by atoms with Gasteiger partial charge in [0.25, 0.3) is 0 Å². The molecular formula is C2H5N4Na. The van der Waals surface area contributed by atoms with Crippen LogP contribution in [0.5, 0.6) is 0 Å². The van der Waals surface area contributed by atoms with E-state index in [1.165, 1.54) is 6.20 Å². The fourth-order valence-electron chi connectivity index (χ4n) is 0.217. The summed E-state index contributed by atoms with van der Waals surface area (Å²) in [5.74, 6) is 5.02. The van der Waals surface area contributed by atoms with Crippen molar-refractivity contribution < 1.29 is 31.0 Å². The summed E-state index contributed by atoms with van der Waals surface area (Å²) in [5, 5.41) is 6.77. The molecule has 0 radical (unpaired) electrons. The third-order valence-corrected chi connectivity index (χ3v) is 0.441. The third kappa shape index (κ3) is 1.91. The average Bonchev–Trinajstić information content (AvgIpc) is 1.86. The number of rotatable bonds is 0. The molecule has 2 N–H and O–H groups in total. The summed E-state index contributed by atoms with van der Waals surface area (Å²) < 4.78 is 0. The van der Waals surface area contributed by atoms with E-state index in [9.17, 15) is 0 Å². The fourth-order valence-corrected chi connectivity index (χ4v) is 0.217. The van der Waals surface area contributed by atoms with Crippen LogP contribution < -0.4 is 35.4 Å². The van der Waals surface area contributed by atoms with Gasteiger partial charge < -0.3 is 7.27 Å². The molecule has 0 spiro atoms. The van der Waals surface area contributed by atoms with E-state index in [0.717, 1.165) is 4.79 Å². The van der Waals surface area contributed by atoms with E-state index in [4.69, 9.17) is 5.84 Å². The summed E-state index contributed by atoms with van der Waals surface area (Å²) in [5.41, 5.74) is 0. The number of hydrogen-bond acceptors (Lipinski definition) is 3. The van der Waals surface area contributed by atoms with Gasteiger partial charge in [-0.3, -0.25) is 0 Å². The van der Waals surface area contributed by atoms with E-state index in [-0.39, 0.29) is 31.0 Å². The molecule has 0 amide bonds. The first-order valence-corrected chi connectivity index (χ1v) is 1.51. The van der Waals surface area contributed by atoms with Crippen LogP contribution in [-0.4, -0.2) is 15.1 Å². The normalized spacial score (nSPS) is 7.43. The predicted molar refractivity (Wildman–Crippen MR) is 21.3 cm³/mol. The Morgan fingerprint density at radius 3 is 2.57 bits per heavy atom. The van der Waals surface area contributed by atoms with Crippen molar-refractivity contribution in [3.63, 3.8) is 0 Å². The third-order valence-electron chi connectivity index (χ3n) is 0.441. The summed E-state index contributed by atoms with van der Waals surface area (Å²) in [4.78, 5) is 1.14. The number of aromatic nitrogens is 3. The summed E-state index contributed by atoms with van der Waals surface area (Å²) in [6, 6.07) is 0. The van der Waals surface area contributed by atoms with Crippen LogP contribution in [0.1, 0.15) is 1.43 Å². The molecule has 0 aliphatic heterocycles. The second kappa shape index (κ2) is 3.01. The Labute approximate surface area is 64.4 Å². The molecule has 0 saturated carbocycles. The maximum absolute atomic E-state index is 5.02. The van der Waals surface area contributed by atoms with Gasteiger partial charge in [-0.1, -0.05) is 0 Å². The van der Waals surface area contributed by atoms with Crippen molar-refractivity contribution in [2.75, 3.05) is 5.84 Å².